The zero-order valence-corrected chi connectivity index (χ0v) is 10.5. The summed E-state index contributed by atoms with van der Waals surface area (Å²) in [5.41, 5.74) is 0.242. The van der Waals surface area contributed by atoms with E-state index in [1.807, 2.05) is 0 Å². The summed E-state index contributed by atoms with van der Waals surface area (Å²) in [5, 5.41) is 2.59. The van der Waals surface area contributed by atoms with Gasteiger partial charge in [0.1, 0.15) is 6.33 Å². The number of alkyl halides is 2. The van der Waals surface area contributed by atoms with Crippen LogP contribution in [0.5, 0.6) is 0 Å². The third-order valence-corrected chi connectivity index (χ3v) is 2.88. The van der Waals surface area contributed by atoms with E-state index in [-0.39, 0.29) is 25.3 Å². The van der Waals surface area contributed by atoms with Crippen molar-refractivity contribution >= 4 is 12.0 Å². The summed E-state index contributed by atoms with van der Waals surface area (Å²) >= 11 is 0. The fourth-order valence-electron chi connectivity index (χ4n) is 1.86. The minimum Gasteiger partial charge on any atom is -0.334 e. The third kappa shape index (κ3) is 3.53. The van der Waals surface area contributed by atoms with Gasteiger partial charge < -0.3 is 10.2 Å². The van der Waals surface area contributed by atoms with Crippen LogP contribution in [0.1, 0.15) is 5.69 Å². The van der Waals surface area contributed by atoms with Crippen LogP contribution in [0.2, 0.25) is 0 Å². The monoisotopic (exact) mass is 286 g/mol. The van der Waals surface area contributed by atoms with Gasteiger partial charge in [0.15, 0.2) is 5.83 Å². The van der Waals surface area contributed by atoms with Crippen molar-refractivity contribution in [3.8, 4) is 0 Å². The van der Waals surface area contributed by atoms with Crippen molar-refractivity contribution in [3.63, 3.8) is 0 Å². The van der Waals surface area contributed by atoms with Crippen LogP contribution in [-0.4, -0.2) is 52.9 Å². The summed E-state index contributed by atoms with van der Waals surface area (Å²) in [5.74, 6) is -1.94. The molecule has 2 rings (SSSR count). The van der Waals surface area contributed by atoms with Gasteiger partial charge in [0, 0.05) is 31.9 Å². The molecule has 108 valence electrons. The molecule has 0 bridgehead atoms. The summed E-state index contributed by atoms with van der Waals surface area (Å²) < 4.78 is 39.0. The number of piperazine rings is 1. The molecule has 0 spiro atoms. The van der Waals surface area contributed by atoms with E-state index < -0.39 is 24.2 Å². The van der Waals surface area contributed by atoms with Gasteiger partial charge in [-0.25, -0.2) is 23.1 Å². The Morgan fingerprint density at radius 2 is 2.35 bits per heavy atom. The van der Waals surface area contributed by atoms with Crippen molar-refractivity contribution in [1.29, 1.82) is 0 Å². The largest absolute Gasteiger partial charge is 0.334 e. The average molecular weight is 286 g/mol. The first-order valence-electron chi connectivity index (χ1n) is 6.02. The van der Waals surface area contributed by atoms with Gasteiger partial charge >= 0.3 is 0 Å². The zero-order valence-electron chi connectivity index (χ0n) is 10.5. The Kier molecular flexibility index (Phi) is 4.67. The number of carbonyl (C=O) groups is 1. The second kappa shape index (κ2) is 6.47. The molecule has 0 radical (unpaired) electrons. The van der Waals surface area contributed by atoms with Gasteiger partial charge in [0.2, 0.25) is 0 Å². The van der Waals surface area contributed by atoms with Gasteiger partial charge in [-0.1, -0.05) is 0 Å². The number of amides is 1. The third-order valence-electron chi connectivity index (χ3n) is 2.88. The molecule has 1 aliphatic heterocycles. The lowest BCUT2D eigenvalue weighted by atomic mass is 10.2. The van der Waals surface area contributed by atoms with Crippen LogP contribution in [0.15, 0.2) is 24.4 Å². The summed E-state index contributed by atoms with van der Waals surface area (Å²) in [6.45, 7) is 0.177. The lowest BCUT2D eigenvalue weighted by Crippen LogP contribution is -2.55. The van der Waals surface area contributed by atoms with Crippen LogP contribution >= 0.6 is 0 Å². The van der Waals surface area contributed by atoms with Gasteiger partial charge in [-0.15, -0.1) is 0 Å². The molecule has 1 amide bonds. The van der Waals surface area contributed by atoms with E-state index >= 15 is 0 Å². The van der Waals surface area contributed by atoms with Crippen molar-refractivity contribution < 1.29 is 18.0 Å². The smallest absolute Gasteiger partial charge is 0.282 e. The number of nitrogens with one attached hydrogen (secondary N) is 1. The molecule has 8 heteroatoms. The Bertz CT molecular complexity index is 495. The summed E-state index contributed by atoms with van der Waals surface area (Å²) in [6, 6.07) is 0.312. The number of rotatable bonds is 3. The fraction of sp³-hybridized carbons (Fsp3) is 0.417. The van der Waals surface area contributed by atoms with Crippen LogP contribution in [0.3, 0.4) is 0 Å². The molecule has 2 heterocycles. The molecular formula is C12H13F3N4O. The molecule has 1 aliphatic rings. The molecule has 1 atom stereocenters. The number of hydrogen-bond donors (Lipinski definition) is 1. The first-order valence-corrected chi connectivity index (χ1v) is 6.02. The summed E-state index contributed by atoms with van der Waals surface area (Å²) in [4.78, 5) is 20.3. The second-order valence-electron chi connectivity index (χ2n) is 4.27. The Labute approximate surface area is 113 Å². The van der Waals surface area contributed by atoms with Crippen LogP contribution in [0, 0.1) is 0 Å². The molecule has 1 fully saturated rings. The van der Waals surface area contributed by atoms with E-state index in [2.05, 4.69) is 15.3 Å². The number of aromatic nitrogens is 2. The standard InChI is InChI=1S/C12H13F3N4O/c13-9(5-8-1-2-16-7-18-8)12(20)19-4-3-17-10(6-19)11(14)15/h1-2,5,7,10-11,17H,3-4,6H2. The predicted molar refractivity (Wildman–Crippen MR) is 65.5 cm³/mol. The minimum absolute atomic E-state index is 0.188. The maximum absolute atomic E-state index is 13.8. The molecule has 0 aromatic carbocycles. The van der Waals surface area contributed by atoms with Crippen LogP contribution in [0.4, 0.5) is 13.2 Å². The lowest BCUT2D eigenvalue weighted by Gasteiger charge is -2.32. The highest BCUT2D eigenvalue weighted by atomic mass is 19.3. The molecule has 1 aromatic rings. The Morgan fingerprint density at radius 3 is 3.00 bits per heavy atom. The Balaban J connectivity index is 2.05. The first kappa shape index (κ1) is 14.4. The van der Waals surface area contributed by atoms with Gasteiger partial charge in [-0.3, -0.25) is 4.79 Å². The molecular weight excluding hydrogens is 273 g/mol. The van der Waals surface area contributed by atoms with Crippen molar-refractivity contribution in [2.75, 3.05) is 19.6 Å². The van der Waals surface area contributed by atoms with E-state index in [9.17, 15) is 18.0 Å². The topological polar surface area (TPSA) is 58.1 Å². The maximum atomic E-state index is 13.8. The zero-order chi connectivity index (χ0) is 14.5. The van der Waals surface area contributed by atoms with Crippen molar-refractivity contribution in [2.45, 2.75) is 12.5 Å². The molecule has 1 saturated heterocycles. The van der Waals surface area contributed by atoms with Crippen molar-refractivity contribution in [2.24, 2.45) is 0 Å². The van der Waals surface area contributed by atoms with Gasteiger partial charge in [-0.05, 0) is 6.07 Å². The SMILES string of the molecule is O=C(C(F)=Cc1ccncn1)N1CCNC(C(F)F)C1. The quantitative estimate of drug-likeness (QED) is 0.837. The van der Waals surface area contributed by atoms with Crippen molar-refractivity contribution in [3.05, 3.63) is 30.1 Å². The molecule has 1 unspecified atom stereocenters. The van der Waals surface area contributed by atoms with Crippen LogP contribution < -0.4 is 5.32 Å². The van der Waals surface area contributed by atoms with Crippen LogP contribution in [-0.2, 0) is 4.79 Å². The summed E-state index contributed by atoms with van der Waals surface area (Å²) in [6.07, 6.45) is 0.998. The van der Waals surface area contributed by atoms with E-state index in [0.29, 0.717) is 0 Å². The highest BCUT2D eigenvalue weighted by molar-refractivity contribution is 5.95. The fourth-order valence-corrected chi connectivity index (χ4v) is 1.86. The molecule has 5 nitrogen and oxygen atoms in total. The van der Waals surface area contributed by atoms with Gasteiger partial charge in [0.05, 0.1) is 11.7 Å². The van der Waals surface area contributed by atoms with Gasteiger partial charge in [-0.2, -0.15) is 0 Å². The molecule has 20 heavy (non-hydrogen) atoms. The molecule has 0 aliphatic carbocycles. The van der Waals surface area contributed by atoms with Crippen molar-refractivity contribution in [1.82, 2.24) is 20.2 Å². The number of halogens is 3. The van der Waals surface area contributed by atoms with E-state index in [1.165, 1.54) is 18.6 Å². The Hall–Kier alpha value is -1.96. The van der Waals surface area contributed by atoms with E-state index in [0.717, 1.165) is 11.0 Å². The molecule has 1 aromatic heterocycles. The first-order chi connectivity index (χ1) is 9.58. The average Bonchev–Trinajstić information content (AvgIpc) is 2.47. The number of hydrogen-bond acceptors (Lipinski definition) is 4. The normalized spacial score (nSPS) is 20.3. The summed E-state index contributed by atoms with van der Waals surface area (Å²) in [7, 11) is 0. The number of carbonyl (C=O) groups excluding carboxylic acids is 1. The Morgan fingerprint density at radius 1 is 1.55 bits per heavy atom. The second-order valence-corrected chi connectivity index (χ2v) is 4.27. The predicted octanol–water partition coefficient (Wildman–Crippen LogP) is 0.852. The van der Waals surface area contributed by atoms with E-state index in [4.69, 9.17) is 0 Å². The maximum Gasteiger partial charge on any atom is 0.282 e. The minimum atomic E-state index is -2.60. The molecule has 0 saturated carbocycles. The molecule has 1 N–H and O–H groups in total. The highest BCUT2D eigenvalue weighted by Crippen LogP contribution is 2.13. The number of nitrogens with zero attached hydrogens (tertiary/aromatic N) is 3. The van der Waals surface area contributed by atoms with E-state index in [1.54, 1.807) is 0 Å². The highest BCUT2D eigenvalue weighted by Gasteiger charge is 2.30. The lowest BCUT2D eigenvalue weighted by molar-refractivity contribution is -0.130. The van der Waals surface area contributed by atoms with Crippen LogP contribution in [0.25, 0.3) is 6.08 Å². The van der Waals surface area contributed by atoms with Gasteiger partial charge in [0.25, 0.3) is 12.3 Å².